The number of fused-ring (bicyclic) bond motifs is 4. The summed E-state index contributed by atoms with van der Waals surface area (Å²) in [4.78, 5) is 35.0. The topological polar surface area (TPSA) is 289 Å². The second-order valence-corrected chi connectivity index (χ2v) is 13.5. The highest BCUT2D eigenvalue weighted by Gasteiger charge is 2.53. The van der Waals surface area contributed by atoms with Gasteiger partial charge in [0.1, 0.15) is 60.3 Å². The van der Waals surface area contributed by atoms with Gasteiger partial charge in [-0.2, -0.15) is 0 Å². The molecule has 0 aromatic carbocycles. The van der Waals surface area contributed by atoms with Crippen molar-refractivity contribution in [3.05, 3.63) is 37.7 Å². The normalized spacial score (nSPS) is 37.6. The van der Waals surface area contributed by atoms with Gasteiger partial charge in [0.25, 0.3) is 0 Å². The summed E-state index contributed by atoms with van der Waals surface area (Å²) in [6.07, 6.45) is -6.36. The van der Waals surface area contributed by atoms with Gasteiger partial charge in [0, 0.05) is 5.82 Å². The Labute approximate surface area is 251 Å². The van der Waals surface area contributed by atoms with E-state index in [-0.39, 0.29) is 34.0 Å². The third kappa shape index (κ3) is 5.21. The second-order valence-electron chi connectivity index (χ2n) is 10.2. The molecule has 45 heavy (non-hydrogen) atoms. The molecular weight excluding hydrogens is 642 g/mol. The van der Waals surface area contributed by atoms with Crippen LogP contribution in [0.25, 0.3) is 22.3 Å². The first-order valence-electron chi connectivity index (χ1n) is 13.2. The number of nitrogens with zero attached hydrogens (tertiary/aromatic N) is 8. The molecule has 21 nitrogen and oxygen atoms in total. The molecule has 2 unspecified atom stereocenters. The quantitative estimate of drug-likeness (QED) is 0.174. The largest absolute Gasteiger partial charge is 0.472 e. The Morgan fingerprint density at radius 1 is 0.800 bits per heavy atom. The maximum atomic E-state index is 13.8. The SMILES string of the molecule is C=C[P@]1(=O)OCC2O[C@@H](n3cnc4c(N)ncnc43)[C@H](O)[C@@H]2OP(=O)(O)OC[C@H]2O[C@@H](n3cnc4c(N)ncnc43)[C@H](O)[C@@H]2O1. The van der Waals surface area contributed by atoms with E-state index in [1.54, 1.807) is 0 Å². The molecule has 0 radical (unpaired) electrons. The molecule has 7 N–H and O–H groups in total. The van der Waals surface area contributed by atoms with Crippen LogP contribution in [-0.2, 0) is 36.7 Å². The lowest BCUT2D eigenvalue weighted by Crippen LogP contribution is -2.39. The highest BCUT2D eigenvalue weighted by molar-refractivity contribution is 7.57. The highest BCUT2D eigenvalue weighted by Crippen LogP contribution is 2.56. The lowest BCUT2D eigenvalue weighted by Gasteiger charge is -2.29. The van der Waals surface area contributed by atoms with Crippen LogP contribution in [0.15, 0.2) is 37.7 Å². The number of anilines is 2. The van der Waals surface area contributed by atoms with Gasteiger partial charge in [-0.1, -0.05) is 6.58 Å². The van der Waals surface area contributed by atoms with Crippen LogP contribution < -0.4 is 11.5 Å². The maximum Gasteiger partial charge on any atom is 0.472 e. The summed E-state index contributed by atoms with van der Waals surface area (Å²) in [5.41, 5.74) is 12.6. The average Bonchev–Trinajstić information content (AvgIpc) is 3.77. The van der Waals surface area contributed by atoms with E-state index in [9.17, 15) is 24.2 Å². The van der Waals surface area contributed by atoms with E-state index < -0.39 is 77.7 Å². The number of aliphatic hydroxyl groups is 2. The molecule has 7 heterocycles. The molecule has 7 rings (SSSR count). The van der Waals surface area contributed by atoms with Gasteiger partial charge in [-0.05, 0) is 0 Å². The first-order valence-corrected chi connectivity index (χ1v) is 16.3. The minimum atomic E-state index is -4.97. The molecule has 3 aliphatic heterocycles. The smallest absolute Gasteiger partial charge is 0.386 e. The molecule has 3 saturated heterocycles. The molecule has 3 fully saturated rings. The van der Waals surface area contributed by atoms with Crippen molar-refractivity contribution in [1.82, 2.24) is 39.0 Å². The van der Waals surface area contributed by atoms with Crippen molar-refractivity contribution in [2.45, 2.75) is 49.1 Å². The van der Waals surface area contributed by atoms with Gasteiger partial charge in [-0.15, -0.1) is 0 Å². The van der Waals surface area contributed by atoms with E-state index in [4.69, 9.17) is 39.0 Å². The number of aromatic nitrogens is 8. The van der Waals surface area contributed by atoms with E-state index in [2.05, 4.69) is 36.5 Å². The first kappa shape index (κ1) is 30.2. The standard InChI is InChI=1S/C22H26N10O11P2/c1-2-44(35)38-3-9-16(14(34)22(40-9)32-8-30-12-18(24)26-6-28-20(12)32)43-45(36,37)39-4-10-15(42-44)13(33)21(41-10)31-7-29-11-17(23)25-5-27-19(11)31/h2,5-10,13-16,21-22,33-34H,1,3-4H2,(H,36,37)(H2,23,25,27)(H2,24,26,28)/t9?,10-,13-,14-,15-,16-,21-,22-,44+/m1/s1. The molecule has 0 spiro atoms. The number of phosphoric acid groups is 1. The van der Waals surface area contributed by atoms with Crippen molar-refractivity contribution in [3.63, 3.8) is 0 Å². The molecule has 0 bridgehead atoms. The molecule has 0 amide bonds. The zero-order chi connectivity index (χ0) is 31.7. The summed E-state index contributed by atoms with van der Waals surface area (Å²) >= 11 is 0. The van der Waals surface area contributed by atoms with Crippen LogP contribution in [-0.4, -0.2) is 104 Å². The summed E-state index contributed by atoms with van der Waals surface area (Å²) in [5.74, 6) is 1.07. The molecular formula is C22H26N10O11P2. The number of phosphoric ester groups is 1. The Morgan fingerprint density at radius 2 is 1.29 bits per heavy atom. The van der Waals surface area contributed by atoms with Crippen molar-refractivity contribution in [2.75, 3.05) is 24.7 Å². The van der Waals surface area contributed by atoms with Crippen LogP contribution in [0.1, 0.15) is 12.5 Å². The van der Waals surface area contributed by atoms with Crippen molar-refractivity contribution < 1.29 is 51.8 Å². The highest BCUT2D eigenvalue weighted by atomic mass is 31.2. The van der Waals surface area contributed by atoms with Gasteiger partial charge in [0.05, 0.1) is 25.9 Å². The summed E-state index contributed by atoms with van der Waals surface area (Å²) in [6.45, 7) is 2.25. The number of nitrogens with two attached hydrogens (primary N) is 2. The molecule has 0 saturated carbocycles. The van der Waals surface area contributed by atoms with Crippen LogP contribution in [0.2, 0.25) is 0 Å². The third-order valence-electron chi connectivity index (χ3n) is 7.51. The predicted octanol–water partition coefficient (Wildman–Crippen LogP) is -0.399. The van der Waals surface area contributed by atoms with Crippen LogP contribution in [0, 0.1) is 0 Å². The third-order valence-corrected chi connectivity index (χ3v) is 9.99. The van der Waals surface area contributed by atoms with Crippen molar-refractivity contribution in [2.24, 2.45) is 0 Å². The summed E-state index contributed by atoms with van der Waals surface area (Å²) in [5, 5.41) is 22.5. The van der Waals surface area contributed by atoms with Gasteiger partial charge < -0.3 is 40.6 Å². The van der Waals surface area contributed by atoms with E-state index in [0.29, 0.717) is 0 Å². The first-order chi connectivity index (χ1) is 21.5. The Kier molecular flexibility index (Phi) is 7.46. The number of imidazole rings is 2. The number of aliphatic hydroxyl groups excluding tert-OH is 2. The number of hydrogen-bond acceptors (Lipinski definition) is 18. The zero-order valence-corrected chi connectivity index (χ0v) is 24.7. The minimum Gasteiger partial charge on any atom is -0.386 e. The van der Waals surface area contributed by atoms with Crippen molar-refractivity contribution in [1.29, 1.82) is 0 Å². The van der Waals surface area contributed by atoms with Crippen LogP contribution >= 0.6 is 15.4 Å². The van der Waals surface area contributed by atoms with E-state index in [1.807, 2.05) is 0 Å². The Bertz CT molecular complexity index is 1870. The lowest BCUT2D eigenvalue weighted by molar-refractivity contribution is -0.0620. The van der Waals surface area contributed by atoms with Crippen LogP contribution in [0.3, 0.4) is 0 Å². The summed E-state index contributed by atoms with van der Waals surface area (Å²) in [7, 11) is -9.21. The minimum absolute atomic E-state index is 0.0745. The number of rotatable bonds is 3. The molecule has 23 heteroatoms. The molecule has 240 valence electrons. The molecule has 4 aromatic rings. The van der Waals surface area contributed by atoms with Crippen molar-refractivity contribution >= 4 is 49.4 Å². The monoisotopic (exact) mass is 668 g/mol. The average molecular weight is 668 g/mol. The summed E-state index contributed by atoms with van der Waals surface area (Å²) in [6, 6.07) is 0. The Hall–Kier alpha value is -3.46. The predicted molar refractivity (Wildman–Crippen MR) is 149 cm³/mol. The van der Waals surface area contributed by atoms with Crippen LogP contribution in [0.5, 0.6) is 0 Å². The van der Waals surface area contributed by atoms with E-state index in [0.717, 1.165) is 5.82 Å². The molecule has 10 atom stereocenters. The summed E-state index contributed by atoms with van der Waals surface area (Å²) < 4.78 is 63.5. The number of nitrogen functional groups attached to an aromatic ring is 2. The lowest BCUT2D eigenvalue weighted by atomic mass is 10.1. The fraction of sp³-hybridized carbons (Fsp3) is 0.455. The number of hydrogen-bond donors (Lipinski definition) is 5. The fourth-order valence-corrected chi connectivity index (χ4v) is 7.54. The Morgan fingerprint density at radius 3 is 1.80 bits per heavy atom. The molecule has 0 aliphatic carbocycles. The van der Waals surface area contributed by atoms with Gasteiger partial charge in [0.2, 0.25) is 0 Å². The Balaban J connectivity index is 1.18. The van der Waals surface area contributed by atoms with E-state index >= 15 is 0 Å². The van der Waals surface area contributed by atoms with Gasteiger partial charge in [0.15, 0.2) is 35.4 Å². The maximum absolute atomic E-state index is 13.8. The molecule has 4 aromatic heterocycles. The van der Waals surface area contributed by atoms with Crippen LogP contribution in [0.4, 0.5) is 11.6 Å². The van der Waals surface area contributed by atoms with Gasteiger partial charge >= 0.3 is 15.4 Å². The van der Waals surface area contributed by atoms with Gasteiger partial charge in [-0.3, -0.25) is 27.3 Å². The second kappa shape index (κ2) is 11.1. The van der Waals surface area contributed by atoms with Gasteiger partial charge in [-0.25, -0.2) is 34.5 Å². The zero-order valence-electron chi connectivity index (χ0n) is 22.9. The molecule has 3 aliphatic rings. The number of ether oxygens (including phenoxy) is 2. The van der Waals surface area contributed by atoms with Crippen molar-refractivity contribution in [3.8, 4) is 0 Å². The fourth-order valence-electron chi connectivity index (χ4n) is 5.36. The van der Waals surface area contributed by atoms with E-state index in [1.165, 1.54) is 34.4 Å².